The maximum absolute atomic E-state index is 8.98. The van der Waals surface area contributed by atoms with Gasteiger partial charge in [-0.15, -0.1) is 0 Å². The fourth-order valence-electron chi connectivity index (χ4n) is 1.81. The Hall–Kier alpha value is -1.02. The van der Waals surface area contributed by atoms with Gasteiger partial charge in [0.25, 0.3) is 0 Å². The second-order valence-corrected chi connectivity index (χ2v) is 4.26. The van der Waals surface area contributed by atoms with Crippen molar-refractivity contribution in [3.8, 4) is 5.75 Å². The number of rotatable bonds is 4. The first-order valence-electron chi connectivity index (χ1n) is 5.66. The second-order valence-electron chi connectivity index (χ2n) is 4.26. The molecule has 1 N–H and O–H groups in total. The number of aliphatic hydroxyl groups excluding tert-OH is 1. The molecule has 2 heteroatoms. The van der Waals surface area contributed by atoms with Crippen molar-refractivity contribution in [2.24, 2.45) is 0 Å². The summed E-state index contributed by atoms with van der Waals surface area (Å²) in [5.74, 6) is 0.958. The van der Waals surface area contributed by atoms with E-state index in [2.05, 4.69) is 19.1 Å². The highest BCUT2D eigenvalue weighted by Gasteiger charge is 2.20. The number of hydrogen-bond acceptors (Lipinski definition) is 2. The smallest absolute Gasteiger partial charge is 0.123 e. The van der Waals surface area contributed by atoms with Gasteiger partial charge in [0.05, 0.1) is 6.10 Å². The Morgan fingerprint density at radius 2 is 2.20 bits per heavy atom. The van der Waals surface area contributed by atoms with Crippen LogP contribution in [0.25, 0.3) is 0 Å². The minimum atomic E-state index is 0.185. The summed E-state index contributed by atoms with van der Waals surface area (Å²) in [4.78, 5) is 0. The van der Waals surface area contributed by atoms with Crippen molar-refractivity contribution < 1.29 is 9.84 Å². The summed E-state index contributed by atoms with van der Waals surface area (Å²) in [5, 5.41) is 8.98. The molecule has 0 aromatic heterocycles. The molecule has 0 spiro atoms. The molecule has 1 saturated carbocycles. The Morgan fingerprint density at radius 3 is 2.80 bits per heavy atom. The highest BCUT2D eigenvalue weighted by Crippen LogP contribution is 2.28. The van der Waals surface area contributed by atoms with Gasteiger partial charge >= 0.3 is 0 Å². The van der Waals surface area contributed by atoms with Crippen molar-refractivity contribution in [2.45, 2.75) is 38.7 Å². The molecule has 2 rings (SSSR count). The quantitative estimate of drug-likeness (QED) is 0.820. The summed E-state index contributed by atoms with van der Waals surface area (Å²) in [6.45, 7) is 2.25. The Bertz CT molecular complexity index is 329. The number of benzene rings is 1. The van der Waals surface area contributed by atoms with Crippen molar-refractivity contribution in [3.63, 3.8) is 0 Å². The maximum Gasteiger partial charge on any atom is 0.123 e. The third kappa shape index (κ3) is 2.51. The van der Waals surface area contributed by atoms with Crippen LogP contribution in [0.15, 0.2) is 18.2 Å². The van der Waals surface area contributed by atoms with Crippen LogP contribution < -0.4 is 4.74 Å². The van der Waals surface area contributed by atoms with E-state index >= 15 is 0 Å². The highest BCUT2D eigenvalue weighted by molar-refractivity contribution is 5.37. The zero-order chi connectivity index (χ0) is 10.7. The van der Waals surface area contributed by atoms with Gasteiger partial charge in [0.1, 0.15) is 5.75 Å². The molecule has 2 nitrogen and oxygen atoms in total. The second kappa shape index (κ2) is 4.67. The van der Waals surface area contributed by atoms with E-state index in [4.69, 9.17) is 9.84 Å². The van der Waals surface area contributed by atoms with Gasteiger partial charge in [0, 0.05) is 6.61 Å². The zero-order valence-electron chi connectivity index (χ0n) is 9.20. The van der Waals surface area contributed by atoms with E-state index in [1.54, 1.807) is 0 Å². The monoisotopic (exact) mass is 206 g/mol. The molecule has 1 aromatic carbocycles. The third-order valence-corrected chi connectivity index (χ3v) is 2.94. The van der Waals surface area contributed by atoms with E-state index < -0.39 is 0 Å². The molecule has 0 unspecified atom stereocenters. The van der Waals surface area contributed by atoms with Crippen molar-refractivity contribution in [3.05, 3.63) is 29.3 Å². The zero-order valence-corrected chi connectivity index (χ0v) is 9.20. The molecule has 0 bridgehead atoms. The lowest BCUT2D eigenvalue weighted by atomic mass is 9.96. The first kappa shape index (κ1) is 10.5. The van der Waals surface area contributed by atoms with Gasteiger partial charge < -0.3 is 9.84 Å². The van der Waals surface area contributed by atoms with Gasteiger partial charge in [0.15, 0.2) is 0 Å². The Kier molecular flexibility index (Phi) is 3.27. The molecule has 1 fully saturated rings. The summed E-state index contributed by atoms with van der Waals surface area (Å²) in [6, 6.07) is 6.19. The topological polar surface area (TPSA) is 29.5 Å². The average Bonchev–Trinajstić information content (AvgIpc) is 2.14. The minimum absolute atomic E-state index is 0.185. The van der Waals surface area contributed by atoms with Crippen LogP contribution in [-0.4, -0.2) is 17.8 Å². The van der Waals surface area contributed by atoms with E-state index in [0.717, 1.165) is 11.3 Å². The molecular formula is C13H18O2. The Labute approximate surface area is 90.9 Å². The predicted molar refractivity (Wildman–Crippen MR) is 60.2 cm³/mol. The van der Waals surface area contributed by atoms with Crippen LogP contribution in [0, 0.1) is 6.92 Å². The summed E-state index contributed by atoms with van der Waals surface area (Å²) < 4.78 is 5.88. The first-order chi connectivity index (χ1) is 7.29. The third-order valence-electron chi connectivity index (χ3n) is 2.94. The van der Waals surface area contributed by atoms with Gasteiger partial charge in [-0.3, -0.25) is 0 Å². The fraction of sp³-hybridized carbons (Fsp3) is 0.538. The molecule has 1 aliphatic carbocycles. The van der Waals surface area contributed by atoms with Crippen LogP contribution in [0.5, 0.6) is 5.75 Å². The standard InChI is InChI=1S/C13H18O2/c1-10-5-6-13(11(9-10)7-8-14)15-12-3-2-4-12/h5-6,9,12,14H,2-4,7-8H2,1H3. The van der Waals surface area contributed by atoms with Crippen LogP contribution >= 0.6 is 0 Å². The summed E-state index contributed by atoms with van der Waals surface area (Å²) >= 11 is 0. The van der Waals surface area contributed by atoms with Gasteiger partial charge in [-0.05, 0) is 44.2 Å². The number of aliphatic hydroxyl groups is 1. The molecular weight excluding hydrogens is 188 g/mol. The molecule has 0 aliphatic heterocycles. The van der Waals surface area contributed by atoms with Crippen LogP contribution in [0.1, 0.15) is 30.4 Å². The van der Waals surface area contributed by atoms with E-state index in [1.165, 1.54) is 24.8 Å². The van der Waals surface area contributed by atoms with Crippen LogP contribution in [-0.2, 0) is 6.42 Å². The average molecular weight is 206 g/mol. The Balaban J connectivity index is 2.12. The predicted octanol–water partition coefficient (Wildman–Crippen LogP) is 2.46. The summed E-state index contributed by atoms with van der Waals surface area (Å²) in [7, 11) is 0. The SMILES string of the molecule is Cc1ccc(OC2CCC2)c(CCO)c1. The van der Waals surface area contributed by atoms with E-state index in [9.17, 15) is 0 Å². The minimum Gasteiger partial charge on any atom is -0.490 e. The lowest BCUT2D eigenvalue weighted by Gasteiger charge is -2.27. The van der Waals surface area contributed by atoms with Gasteiger partial charge in [-0.2, -0.15) is 0 Å². The molecule has 0 radical (unpaired) electrons. The fourth-order valence-corrected chi connectivity index (χ4v) is 1.81. The Morgan fingerprint density at radius 1 is 1.40 bits per heavy atom. The van der Waals surface area contributed by atoms with Crippen molar-refractivity contribution >= 4 is 0 Å². The van der Waals surface area contributed by atoms with E-state index in [-0.39, 0.29) is 6.61 Å². The molecule has 82 valence electrons. The van der Waals surface area contributed by atoms with Gasteiger partial charge in [-0.25, -0.2) is 0 Å². The molecule has 1 aliphatic rings. The van der Waals surface area contributed by atoms with Crippen molar-refractivity contribution in [1.29, 1.82) is 0 Å². The largest absolute Gasteiger partial charge is 0.490 e. The first-order valence-corrected chi connectivity index (χ1v) is 5.66. The number of ether oxygens (including phenoxy) is 1. The summed E-state index contributed by atoms with van der Waals surface area (Å²) in [5.41, 5.74) is 2.35. The van der Waals surface area contributed by atoms with Crippen molar-refractivity contribution in [1.82, 2.24) is 0 Å². The normalized spacial score (nSPS) is 16.1. The number of aryl methyl sites for hydroxylation is 1. The molecule has 1 aromatic rings. The lowest BCUT2D eigenvalue weighted by molar-refractivity contribution is 0.118. The van der Waals surface area contributed by atoms with Gasteiger partial charge in [0.2, 0.25) is 0 Å². The van der Waals surface area contributed by atoms with Crippen LogP contribution in [0.2, 0.25) is 0 Å². The van der Waals surface area contributed by atoms with Crippen molar-refractivity contribution in [2.75, 3.05) is 6.61 Å². The van der Waals surface area contributed by atoms with Gasteiger partial charge in [-0.1, -0.05) is 17.7 Å². The van der Waals surface area contributed by atoms with Crippen LogP contribution in [0.3, 0.4) is 0 Å². The lowest BCUT2D eigenvalue weighted by Crippen LogP contribution is -2.25. The molecule has 0 amide bonds. The molecule has 0 saturated heterocycles. The van der Waals surface area contributed by atoms with E-state index in [1.807, 2.05) is 6.07 Å². The molecule has 0 heterocycles. The van der Waals surface area contributed by atoms with Crippen LogP contribution in [0.4, 0.5) is 0 Å². The molecule has 0 atom stereocenters. The summed E-state index contributed by atoms with van der Waals surface area (Å²) in [6.07, 6.45) is 4.72. The number of hydrogen-bond donors (Lipinski definition) is 1. The molecule has 15 heavy (non-hydrogen) atoms. The maximum atomic E-state index is 8.98. The van der Waals surface area contributed by atoms with E-state index in [0.29, 0.717) is 12.5 Å². The highest BCUT2D eigenvalue weighted by atomic mass is 16.5.